The largest absolute Gasteiger partial charge is 0.483 e. The van der Waals surface area contributed by atoms with Gasteiger partial charge < -0.3 is 9.72 Å². The number of benzene rings is 1. The molecule has 0 saturated heterocycles. The van der Waals surface area contributed by atoms with Gasteiger partial charge in [-0.05, 0) is 47.5 Å². The van der Waals surface area contributed by atoms with E-state index in [0.717, 1.165) is 15.6 Å². The van der Waals surface area contributed by atoms with E-state index in [1.165, 1.54) is 0 Å². The smallest absolute Gasteiger partial charge is 0.286 e. The summed E-state index contributed by atoms with van der Waals surface area (Å²) in [7, 11) is 0. The fourth-order valence-electron chi connectivity index (χ4n) is 1.83. The molecule has 2 aromatic rings. The van der Waals surface area contributed by atoms with Crippen LogP contribution in [0.15, 0.2) is 34.9 Å². The average molecular weight is 366 g/mol. The van der Waals surface area contributed by atoms with Crippen LogP contribution in [0.25, 0.3) is 0 Å². The standard InChI is InChI=1S/C15H16BrN3O3/c1-9-3-4-13(10(2)5-9)22-8-14(20)18-19-15(21)12-6-11(16)7-17-12/h3-7,17H,8H2,1-2H3,(H,18,20)(H,19,21). The van der Waals surface area contributed by atoms with Crippen molar-refractivity contribution in [1.29, 1.82) is 0 Å². The maximum atomic E-state index is 11.7. The molecular formula is C15H16BrN3O3. The van der Waals surface area contributed by atoms with E-state index in [1.807, 2.05) is 32.0 Å². The highest BCUT2D eigenvalue weighted by Gasteiger charge is 2.10. The van der Waals surface area contributed by atoms with Gasteiger partial charge in [0.2, 0.25) is 0 Å². The first kappa shape index (κ1) is 16.1. The molecule has 0 aliphatic carbocycles. The topological polar surface area (TPSA) is 83.2 Å². The maximum absolute atomic E-state index is 11.7. The summed E-state index contributed by atoms with van der Waals surface area (Å²) in [4.78, 5) is 26.1. The van der Waals surface area contributed by atoms with E-state index in [9.17, 15) is 9.59 Å². The number of ether oxygens (including phenoxy) is 1. The zero-order valence-electron chi connectivity index (χ0n) is 12.2. The van der Waals surface area contributed by atoms with E-state index in [0.29, 0.717) is 11.4 Å². The number of hydrazine groups is 1. The minimum absolute atomic E-state index is 0.182. The number of hydrogen-bond acceptors (Lipinski definition) is 3. The highest BCUT2D eigenvalue weighted by molar-refractivity contribution is 9.10. The Bertz CT molecular complexity index is 697. The maximum Gasteiger partial charge on any atom is 0.286 e. The summed E-state index contributed by atoms with van der Waals surface area (Å²) < 4.78 is 6.17. The first-order valence-electron chi connectivity index (χ1n) is 6.59. The summed E-state index contributed by atoms with van der Waals surface area (Å²) in [6, 6.07) is 7.30. The Balaban J connectivity index is 1.79. The predicted octanol–water partition coefficient (Wildman–Crippen LogP) is 2.23. The van der Waals surface area contributed by atoms with Crippen molar-refractivity contribution in [2.75, 3.05) is 6.61 Å². The molecule has 6 nitrogen and oxygen atoms in total. The Morgan fingerprint density at radius 1 is 1.23 bits per heavy atom. The molecule has 1 aromatic carbocycles. The van der Waals surface area contributed by atoms with Gasteiger partial charge in [0.05, 0.1) is 0 Å². The van der Waals surface area contributed by atoms with Crippen molar-refractivity contribution in [2.24, 2.45) is 0 Å². The van der Waals surface area contributed by atoms with Crippen LogP contribution in [0.5, 0.6) is 5.75 Å². The van der Waals surface area contributed by atoms with Gasteiger partial charge in [0.25, 0.3) is 11.8 Å². The molecule has 1 heterocycles. The van der Waals surface area contributed by atoms with Crippen molar-refractivity contribution < 1.29 is 14.3 Å². The number of rotatable bonds is 4. The number of H-pyrrole nitrogens is 1. The molecule has 0 radical (unpaired) electrons. The van der Waals surface area contributed by atoms with Crippen LogP contribution in [0.1, 0.15) is 21.6 Å². The molecule has 0 aliphatic rings. The first-order valence-corrected chi connectivity index (χ1v) is 7.38. The molecule has 22 heavy (non-hydrogen) atoms. The summed E-state index contributed by atoms with van der Waals surface area (Å²) in [5, 5.41) is 0. The zero-order chi connectivity index (χ0) is 16.1. The van der Waals surface area contributed by atoms with Crippen LogP contribution in [0.4, 0.5) is 0 Å². The van der Waals surface area contributed by atoms with Gasteiger partial charge in [-0.3, -0.25) is 20.4 Å². The van der Waals surface area contributed by atoms with E-state index >= 15 is 0 Å². The van der Waals surface area contributed by atoms with Crippen molar-refractivity contribution in [3.05, 3.63) is 51.8 Å². The van der Waals surface area contributed by atoms with Gasteiger partial charge in [0.15, 0.2) is 6.61 Å². The van der Waals surface area contributed by atoms with Crippen molar-refractivity contribution in [1.82, 2.24) is 15.8 Å². The van der Waals surface area contributed by atoms with Crippen molar-refractivity contribution >= 4 is 27.7 Å². The van der Waals surface area contributed by atoms with E-state index in [2.05, 4.69) is 31.8 Å². The van der Waals surface area contributed by atoms with Crippen LogP contribution >= 0.6 is 15.9 Å². The molecule has 2 amide bonds. The Morgan fingerprint density at radius 2 is 2.00 bits per heavy atom. The molecule has 7 heteroatoms. The van der Waals surface area contributed by atoms with Gasteiger partial charge in [0.1, 0.15) is 11.4 Å². The van der Waals surface area contributed by atoms with E-state index < -0.39 is 11.8 Å². The second-order valence-corrected chi connectivity index (χ2v) is 5.71. The van der Waals surface area contributed by atoms with Gasteiger partial charge in [-0.25, -0.2) is 0 Å². The summed E-state index contributed by atoms with van der Waals surface area (Å²) in [5.41, 5.74) is 7.01. The molecule has 1 aromatic heterocycles. The SMILES string of the molecule is Cc1ccc(OCC(=O)NNC(=O)c2cc(Br)c[nH]2)c(C)c1. The number of hydrogen-bond donors (Lipinski definition) is 3. The lowest BCUT2D eigenvalue weighted by Crippen LogP contribution is -2.44. The fraction of sp³-hybridized carbons (Fsp3) is 0.200. The second kappa shape index (κ2) is 7.13. The number of amides is 2. The highest BCUT2D eigenvalue weighted by Crippen LogP contribution is 2.18. The lowest BCUT2D eigenvalue weighted by Gasteiger charge is -2.10. The number of carbonyl (C=O) groups is 2. The highest BCUT2D eigenvalue weighted by atomic mass is 79.9. The van der Waals surface area contributed by atoms with E-state index in [4.69, 9.17) is 4.74 Å². The molecule has 0 atom stereocenters. The minimum Gasteiger partial charge on any atom is -0.483 e. The van der Waals surface area contributed by atoms with E-state index in [1.54, 1.807) is 12.3 Å². The summed E-state index contributed by atoms with van der Waals surface area (Å²) in [6.45, 7) is 3.71. The van der Waals surface area contributed by atoms with Crippen molar-refractivity contribution in [3.63, 3.8) is 0 Å². The molecule has 0 saturated carbocycles. The number of carbonyl (C=O) groups excluding carboxylic acids is 2. The number of nitrogens with one attached hydrogen (secondary N) is 3. The van der Waals surface area contributed by atoms with Gasteiger partial charge in [0, 0.05) is 10.7 Å². The summed E-state index contributed by atoms with van der Waals surface area (Å²) >= 11 is 3.22. The molecule has 116 valence electrons. The molecular weight excluding hydrogens is 350 g/mol. The van der Waals surface area contributed by atoms with Crippen molar-refractivity contribution in [2.45, 2.75) is 13.8 Å². The molecule has 0 fully saturated rings. The molecule has 0 unspecified atom stereocenters. The first-order chi connectivity index (χ1) is 10.5. The number of aryl methyl sites for hydroxylation is 2. The van der Waals surface area contributed by atoms with Gasteiger partial charge in [-0.15, -0.1) is 0 Å². The van der Waals surface area contributed by atoms with E-state index in [-0.39, 0.29) is 6.61 Å². The summed E-state index contributed by atoms with van der Waals surface area (Å²) in [5.74, 6) is -0.245. The van der Waals surface area contributed by atoms with Crippen LogP contribution in [-0.2, 0) is 4.79 Å². The molecule has 3 N–H and O–H groups in total. The zero-order valence-corrected chi connectivity index (χ0v) is 13.8. The Kier molecular flexibility index (Phi) is 5.21. The molecule has 0 aliphatic heterocycles. The minimum atomic E-state index is -0.445. The number of halogens is 1. The lowest BCUT2D eigenvalue weighted by molar-refractivity contribution is -0.123. The average Bonchev–Trinajstić information content (AvgIpc) is 2.90. The Morgan fingerprint density at radius 3 is 2.64 bits per heavy atom. The second-order valence-electron chi connectivity index (χ2n) is 4.79. The fourth-order valence-corrected chi connectivity index (χ4v) is 2.18. The van der Waals surface area contributed by atoms with Crippen LogP contribution in [0.3, 0.4) is 0 Å². The van der Waals surface area contributed by atoms with Crippen molar-refractivity contribution in [3.8, 4) is 5.75 Å². The van der Waals surface area contributed by atoms with Crippen LogP contribution < -0.4 is 15.6 Å². The Hall–Kier alpha value is -2.28. The van der Waals surface area contributed by atoms with Gasteiger partial charge in [-0.1, -0.05) is 17.7 Å². The van der Waals surface area contributed by atoms with Gasteiger partial charge in [-0.2, -0.15) is 0 Å². The van der Waals surface area contributed by atoms with Gasteiger partial charge >= 0.3 is 0 Å². The monoisotopic (exact) mass is 365 g/mol. The molecule has 2 rings (SSSR count). The Labute approximate surface area is 136 Å². The summed E-state index contributed by atoms with van der Waals surface area (Å²) in [6.07, 6.45) is 1.63. The van der Waals surface area contributed by atoms with Crippen LogP contribution in [-0.4, -0.2) is 23.4 Å². The number of aromatic nitrogens is 1. The molecule has 0 bridgehead atoms. The van der Waals surface area contributed by atoms with Crippen LogP contribution in [0, 0.1) is 13.8 Å². The third-order valence-electron chi connectivity index (χ3n) is 2.90. The normalized spacial score (nSPS) is 10.1. The molecule has 0 spiro atoms. The number of aromatic amines is 1. The third kappa shape index (κ3) is 4.36. The quantitative estimate of drug-likeness (QED) is 0.726. The lowest BCUT2D eigenvalue weighted by atomic mass is 10.1. The van der Waals surface area contributed by atoms with Crippen LogP contribution in [0.2, 0.25) is 0 Å². The predicted molar refractivity (Wildman–Crippen MR) is 85.5 cm³/mol. The third-order valence-corrected chi connectivity index (χ3v) is 3.35.